The molecule has 1 aliphatic rings. The third-order valence-electron chi connectivity index (χ3n) is 3.37. The molecule has 1 aromatic rings. The Balaban J connectivity index is 2.08. The molecule has 23 heavy (non-hydrogen) atoms. The maximum Gasteiger partial charge on any atom is 0.307 e. The molecule has 2 amide bonds. The number of hydrogen-bond acceptors (Lipinski definition) is 5. The average molecular weight is 357 g/mol. The Morgan fingerprint density at radius 2 is 2.17 bits per heavy atom. The number of carbonyl (C=O) groups is 3. The number of benzene rings is 1. The van der Waals surface area contributed by atoms with Crippen LogP contribution >= 0.6 is 23.4 Å². The molecule has 1 fully saturated rings. The van der Waals surface area contributed by atoms with Crippen molar-refractivity contribution in [1.29, 1.82) is 0 Å². The van der Waals surface area contributed by atoms with E-state index in [1.54, 1.807) is 24.3 Å². The molecule has 1 N–H and O–H groups in total. The number of halogens is 1. The summed E-state index contributed by atoms with van der Waals surface area (Å²) >= 11 is 7.62. The number of thioether (sulfide) groups is 1. The molecule has 0 aliphatic carbocycles. The lowest BCUT2D eigenvalue weighted by Crippen LogP contribution is -2.40. The van der Waals surface area contributed by atoms with Gasteiger partial charge in [0.25, 0.3) is 0 Å². The number of carbonyl (C=O) groups excluding carboxylic acids is 3. The highest BCUT2D eigenvalue weighted by Crippen LogP contribution is 2.25. The van der Waals surface area contributed by atoms with Gasteiger partial charge < -0.3 is 15.0 Å². The van der Waals surface area contributed by atoms with Gasteiger partial charge in [-0.1, -0.05) is 29.8 Å². The fraction of sp³-hybridized carbons (Fsp3) is 0.400. The molecule has 0 aromatic heterocycles. The monoisotopic (exact) mass is 356 g/mol. The van der Waals surface area contributed by atoms with Crippen molar-refractivity contribution in [1.82, 2.24) is 10.2 Å². The van der Waals surface area contributed by atoms with Crippen molar-refractivity contribution >= 4 is 41.1 Å². The van der Waals surface area contributed by atoms with Crippen LogP contribution in [0.4, 0.5) is 0 Å². The minimum Gasteiger partial charge on any atom is -0.469 e. The smallest absolute Gasteiger partial charge is 0.307 e. The second kappa shape index (κ2) is 8.21. The maximum absolute atomic E-state index is 12.2. The van der Waals surface area contributed by atoms with Crippen LogP contribution in [0.2, 0.25) is 5.02 Å². The van der Waals surface area contributed by atoms with E-state index < -0.39 is 12.0 Å². The molecule has 0 saturated carbocycles. The molecule has 2 rings (SSSR count). The SMILES string of the molecule is COC(=O)CC(NC(=O)CN1CSCC1=O)c1ccccc1Cl. The zero-order chi connectivity index (χ0) is 16.8. The van der Waals surface area contributed by atoms with Gasteiger partial charge in [-0.05, 0) is 11.6 Å². The van der Waals surface area contributed by atoms with Gasteiger partial charge in [0.2, 0.25) is 11.8 Å². The molecule has 1 saturated heterocycles. The minimum atomic E-state index is -0.603. The van der Waals surface area contributed by atoms with Crippen LogP contribution in [0.1, 0.15) is 18.0 Å². The fourth-order valence-electron chi connectivity index (χ4n) is 2.20. The summed E-state index contributed by atoms with van der Waals surface area (Å²) in [5.74, 6) is 0.0359. The number of hydrogen-bond donors (Lipinski definition) is 1. The van der Waals surface area contributed by atoms with Crippen molar-refractivity contribution in [3.63, 3.8) is 0 Å². The van der Waals surface area contributed by atoms with E-state index in [1.807, 2.05) is 0 Å². The van der Waals surface area contributed by atoms with E-state index >= 15 is 0 Å². The van der Waals surface area contributed by atoms with E-state index in [-0.39, 0.29) is 24.8 Å². The van der Waals surface area contributed by atoms with Crippen molar-refractivity contribution < 1.29 is 19.1 Å². The van der Waals surface area contributed by atoms with Crippen LogP contribution in [0, 0.1) is 0 Å². The van der Waals surface area contributed by atoms with E-state index in [9.17, 15) is 14.4 Å². The van der Waals surface area contributed by atoms with E-state index in [1.165, 1.54) is 23.8 Å². The first-order valence-electron chi connectivity index (χ1n) is 6.97. The molecule has 6 nitrogen and oxygen atoms in total. The molecule has 1 atom stereocenters. The second-order valence-corrected chi connectivity index (χ2v) is 6.35. The normalized spacial score (nSPS) is 15.4. The van der Waals surface area contributed by atoms with E-state index in [0.29, 0.717) is 22.2 Å². The minimum absolute atomic E-state index is 0.0331. The second-order valence-electron chi connectivity index (χ2n) is 4.99. The maximum atomic E-state index is 12.2. The summed E-state index contributed by atoms with van der Waals surface area (Å²) in [6.07, 6.45) is -0.0331. The summed E-state index contributed by atoms with van der Waals surface area (Å²) in [5, 5.41) is 3.21. The molecular formula is C15H17ClN2O4S. The van der Waals surface area contributed by atoms with Gasteiger partial charge in [0.15, 0.2) is 0 Å². The summed E-state index contributed by atoms with van der Waals surface area (Å²) in [5.41, 5.74) is 0.634. The topological polar surface area (TPSA) is 75.7 Å². The highest BCUT2D eigenvalue weighted by atomic mass is 35.5. The summed E-state index contributed by atoms with van der Waals surface area (Å²) < 4.78 is 4.67. The molecule has 1 unspecified atom stereocenters. The Labute approximate surface area is 143 Å². The van der Waals surface area contributed by atoms with Gasteiger partial charge in [-0.15, -0.1) is 11.8 Å². The Hall–Kier alpha value is -1.73. The number of methoxy groups -OCH3 is 1. The highest BCUT2D eigenvalue weighted by molar-refractivity contribution is 8.00. The van der Waals surface area contributed by atoms with Gasteiger partial charge in [0, 0.05) is 5.02 Å². The van der Waals surface area contributed by atoms with Crippen LogP contribution in [-0.2, 0) is 19.1 Å². The van der Waals surface area contributed by atoms with Crippen molar-refractivity contribution in [2.24, 2.45) is 0 Å². The molecule has 1 aliphatic heterocycles. The largest absolute Gasteiger partial charge is 0.469 e. The summed E-state index contributed by atoms with van der Waals surface area (Å²) in [6, 6.07) is 6.37. The third kappa shape index (κ3) is 4.87. The third-order valence-corrected chi connectivity index (χ3v) is 4.66. The van der Waals surface area contributed by atoms with Gasteiger partial charge >= 0.3 is 5.97 Å². The van der Waals surface area contributed by atoms with Gasteiger partial charge in [-0.2, -0.15) is 0 Å². The molecule has 8 heteroatoms. The summed E-state index contributed by atoms with van der Waals surface area (Å²) in [6.45, 7) is -0.0338. The first kappa shape index (κ1) is 17.6. The Morgan fingerprint density at radius 1 is 1.43 bits per heavy atom. The van der Waals surface area contributed by atoms with Crippen LogP contribution in [0.25, 0.3) is 0 Å². The molecule has 0 bridgehead atoms. The molecular weight excluding hydrogens is 340 g/mol. The number of ether oxygens (including phenoxy) is 1. The van der Waals surface area contributed by atoms with Crippen LogP contribution in [0.5, 0.6) is 0 Å². The van der Waals surface area contributed by atoms with Crippen molar-refractivity contribution in [2.75, 3.05) is 25.3 Å². The summed E-state index contributed by atoms with van der Waals surface area (Å²) in [4.78, 5) is 36.8. The number of nitrogens with zero attached hydrogens (tertiary/aromatic N) is 1. The van der Waals surface area contributed by atoms with E-state index in [0.717, 1.165) is 0 Å². The Bertz CT molecular complexity index is 611. The lowest BCUT2D eigenvalue weighted by molar-refractivity contribution is -0.141. The van der Waals surface area contributed by atoms with Crippen molar-refractivity contribution in [2.45, 2.75) is 12.5 Å². The molecule has 0 radical (unpaired) electrons. The predicted molar refractivity (Wildman–Crippen MR) is 88.0 cm³/mol. The van der Waals surface area contributed by atoms with E-state index in [4.69, 9.17) is 11.6 Å². The standard InChI is InChI=1S/C15H17ClN2O4S/c1-22-15(21)6-12(10-4-2-3-5-11(10)16)17-13(19)7-18-9-23-8-14(18)20/h2-5,12H,6-9H2,1H3,(H,17,19). The van der Waals surface area contributed by atoms with Gasteiger partial charge in [0.05, 0.1) is 31.2 Å². The number of esters is 1. The molecule has 0 spiro atoms. The lowest BCUT2D eigenvalue weighted by Gasteiger charge is -2.21. The predicted octanol–water partition coefficient (Wildman–Crippen LogP) is 1.59. The Kier molecular flexibility index (Phi) is 6.29. The fourth-order valence-corrected chi connectivity index (χ4v) is 3.37. The van der Waals surface area contributed by atoms with E-state index in [2.05, 4.69) is 10.1 Å². The molecule has 124 valence electrons. The number of nitrogens with one attached hydrogen (secondary N) is 1. The van der Waals surface area contributed by atoms with Gasteiger partial charge in [-0.3, -0.25) is 14.4 Å². The summed E-state index contributed by atoms with van der Waals surface area (Å²) in [7, 11) is 1.29. The first-order chi connectivity index (χ1) is 11.0. The average Bonchev–Trinajstić information content (AvgIpc) is 2.92. The highest BCUT2D eigenvalue weighted by Gasteiger charge is 2.26. The van der Waals surface area contributed by atoms with Crippen LogP contribution < -0.4 is 5.32 Å². The van der Waals surface area contributed by atoms with Crippen LogP contribution in [-0.4, -0.2) is 48.0 Å². The quantitative estimate of drug-likeness (QED) is 0.783. The number of amides is 2. The van der Waals surface area contributed by atoms with Crippen LogP contribution in [0.15, 0.2) is 24.3 Å². The Morgan fingerprint density at radius 3 is 2.78 bits per heavy atom. The van der Waals surface area contributed by atoms with Crippen LogP contribution in [0.3, 0.4) is 0 Å². The van der Waals surface area contributed by atoms with Crippen molar-refractivity contribution in [3.8, 4) is 0 Å². The zero-order valence-electron chi connectivity index (χ0n) is 12.6. The van der Waals surface area contributed by atoms with Gasteiger partial charge in [0.1, 0.15) is 6.54 Å². The van der Waals surface area contributed by atoms with Gasteiger partial charge in [-0.25, -0.2) is 0 Å². The lowest BCUT2D eigenvalue weighted by atomic mass is 10.0. The van der Waals surface area contributed by atoms with Crippen molar-refractivity contribution in [3.05, 3.63) is 34.9 Å². The number of rotatable bonds is 6. The first-order valence-corrected chi connectivity index (χ1v) is 8.50. The molecule has 1 heterocycles. The molecule has 1 aromatic carbocycles. The zero-order valence-corrected chi connectivity index (χ0v) is 14.2.